The van der Waals surface area contributed by atoms with Crippen molar-refractivity contribution in [1.29, 1.82) is 0 Å². The molecule has 0 aliphatic rings. The van der Waals surface area contributed by atoms with Crippen molar-refractivity contribution in [1.82, 2.24) is 20.6 Å². The number of halogens is 1. The molecule has 0 saturated heterocycles. The molecule has 0 aliphatic carbocycles. The van der Waals surface area contributed by atoms with E-state index in [9.17, 15) is 14.0 Å². The molecule has 0 fully saturated rings. The minimum Gasteiger partial charge on any atom is -0.444 e. The highest BCUT2D eigenvalue weighted by Crippen LogP contribution is 2.22. The zero-order valence-corrected chi connectivity index (χ0v) is 20.3. The number of benzene rings is 2. The summed E-state index contributed by atoms with van der Waals surface area (Å²) >= 11 is 0.974. The first kappa shape index (κ1) is 25.2. The molecule has 0 bridgehead atoms. The first-order valence-corrected chi connectivity index (χ1v) is 11.4. The van der Waals surface area contributed by atoms with Gasteiger partial charge in [-0.1, -0.05) is 12.1 Å². The van der Waals surface area contributed by atoms with Crippen LogP contribution in [0.5, 0.6) is 0 Å². The van der Waals surface area contributed by atoms with Gasteiger partial charge in [0.1, 0.15) is 11.4 Å². The van der Waals surface area contributed by atoms with Crippen LogP contribution in [0.3, 0.4) is 0 Å². The Morgan fingerprint density at radius 1 is 1.09 bits per heavy atom. The number of carbonyl (C=O) groups is 2. The summed E-state index contributed by atoms with van der Waals surface area (Å²) in [6.45, 7) is 7.57. The van der Waals surface area contributed by atoms with Crippen molar-refractivity contribution in [3.8, 4) is 11.3 Å². The normalized spacial score (nSPS) is 11.1. The molecular weight excluding hydrogens is 455 g/mol. The Labute approximate surface area is 202 Å². The number of alkyl carbamates (subject to hydrolysis) is 1. The van der Waals surface area contributed by atoms with Crippen LogP contribution in [0.2, 0.25) is 0 Å². The van der Waals surface area contributed by atoms with Gasteiger partial charge in [0, 0.05) is 23.9 Å². The summed E-state index contributed by atoms with van der Waals surface area (Å²) in [6, 6.07) is 15.3. The van der Waals surface area contributed by atoms with Gasteiger partial charge in [-0.05, 0) is 93.2 Å². The van der Waals surface area contributed by atoms with E-state index in [-0.39, 0.29) is 18.3 Å². The molecule has 0 atom stereocenters. The highest BCUT2D eigenvalue weighted by molar-refractivity contribution is 7.97. The second-order valence-corrected chi connectivity index (χ2v) is 9.43. The number of hydrogen-bond acceptors (Lipinski definition) is 6. The number of aromatic nitrogens is 1. The van der Waals surface area contributed by atoms with E-state index >= 15 is 0 Å². The van der Waals surface area contributed by atoms with Crippen molar-refractivity contribution >= 4 is 23.9 Å². The molecule has 178 valence electrons. The van der Waals surface area contributed by atoms with Crippen LogP contribution in [0.1, 0.15) is 42.3 Å². The van der Waals surface area contributed by atoms with E-state index in [0.717, 1.165) is 28.6 Å². The zero-order chi connectivity index (χ0) is 24.7. The van der Waals surface area contributed by atoms with Gasteiger partial charge in [-0.3, -0.25) is 15.2 Å². The number of amides is 2. The zero-order valence-electron chi connectivity index (χ0n) is 19.4. The van der Waals surface area contributed by atoms with Crippen LogP contribution >= 0.6 is 11.9 Å². The lowest BCUT2D eigenvalue weighted by Crippen LogP contribution is -2.32. The van der Waals surface area contributed by atoms with Crippen molar-refractivity contribution in [2.75, 3.05) is 0 Å². The third kappa shape index (κ3) is 7.57. The van der Waals surface area contributed by atoms with Crippen LogP contribution in [-0.2, 0) is 11.3 Å². The van der Waals surface area contributed by atoms with Crippen LogP contribution in [0.25, 0.3) is 11.3 Å². The van der Waals surface area contributed by atoms with Crippen LogP contribution in [-0.4, -0.2) is 22.6 Å². The summed E-state index contributed by atoms with van der Waals surface area (Å²) in [4.78, 5) is 32.0. The molecule has 3 N–H and O–H groups in total. The van der Waals surface area contributed by atoms with Gasteiger partial charge in [-0.25, -0.2) is 9.18 Å². The maximum absolute atomic E-state index is 13.7. The fraction of sp³-hybridized carbons (Fsp3) is 0.240. The third-order valence-electron chi connectivity index (χ3n) is 4.46. The van der Waals surface area contributed by atoms with Gasteiger partial charge in [0.15, 0.2) is 0 Å². The largest absolute Gasteiger partial charge is 0.444 e. The summed E-state index contributed by atoms with van der Waals surface area (Å²) in [6.07, 6.45) is 1.15. The van der Waals surface area contributed by atoms with Gasteiger partial charge in [-0.15, -0.1) is 0 Å². The summed E-state index contributed by atoms with van der Waals surface area (Å²) < 4.78 is 19.0. The van der Waals surface area contributed by atoms with E-state index < -0.39 is 11.7 Å². The summed E-state index contributed by atoms with van der Waals surface area (Å²) in [7, 11) is 0. The van der Waals surface area contributed by atoms with E-state index in [0.29, 0.717) is 16.2 Å². The number of hydrogen-bond donors (Lipinski definition) is 3. The predicted molar refractivity (Wildman–Crippen MR) is 130 cm³/mol. The number of aryl methyl sites for hydroxylation is 1. The fourth-order valence-corrected chi connectivity index (χ4v) is 3.58. The molecule has 0 aliphatic heterocycles. The molecule has 3 aromatic rings. The second kappa shape index (κ2) is 11.1. The Kier molecular flexibility index (Phi) is 8.25. The molecule has 1 heterocycles. The van der Waals surface area contributed by atoms with Gasteiger partial charge in [0.25, 0.3) is 5.91 Å². The maximum atomic E-state index is 13.7. The molecule has 0 saturated carbocycles. The van der Waals surface area contributed by atoms with Crippen molar-refractivity contribution in [2.24, 2.45) is 0 Å². The summed E-state index contributed by atoms with van der Waals surface area (Å²) in [5, 5.41) is 2.73. The topological polar surface area (TPSA) is 92.4 Å². The predicted octanol–water partition coefficient (Wildman–Crippen LogP) is 5.16. The molecule has 9 heteroatoms. The second-order valence-electron chi connectivity index (χ2n) is 8.58. The van der Waals surface area contributed by atoms with Crippen LogP contribution in [0.4, 0.5) is 9.18 Å². The molecule has 0 radical (unpaired) electrons. The Morgan fingerprint density at radius 3 is 2.59 bits per heavy atom. The fourth-order valence-electron chi connectivity index (χ4n) is 3.02. The number of nitrogens with zero attached hydrogens (tertiary/aromatic N) is 1. The smallest absolute Gasteiger partial charge is 0.407 e. The minimum absolute atomic E-state index is 0.279. The number of carbonyl (C=O) groups excluding carboxylic acids is 2. The number of hydrazine groups is 1. The molecule has 2 amide bonds. The van der Waals surface area contributed by atoms with E-state index in [1.54, 1.807) is 63.4 Å². The van der Waals surface area contributed by atoms with Crippen LogP contribution in [0.15, 0.2) is 65.7 Å². The Bertz CT molecular complexity index is 1180. The summed E-state index contributed by atoms with van der Waals surface area (Å²) in [5.74, 6) is -0.740. The van der Waals surface area contributed by atoms with E-state index in [4.69, 9.17) is 4.74 Å². The molecule has 0 unspecified atom stereocenters. The monoisotopic (exact) mass is 482 g/mol. The van der Waals surface area contributed by atoms with Gasteiger partial charge in [0.05, 0.1) is 10.6 Å². The lowest BCUT2D eigenvalue weighted by Gasteiger charge is -2.19. The molecule has 2 aromatic carbocycles. The van der Waals surface area contributed by atoms with Gasteiger partial charge in [-0.2, -0.15) is 4.83 Å². The van der Waals surface area contributed by atoms with E-state index in [1.807, 2.05) is 19.1 Å². The molecule has 3 rings (SSSR count). The van der Waals surface area contributed by atoms with Gasteiger partial charge >= 0.3 is 6.09 Å². The molecular formula is C25H27FN4O3S. The van der Waals surface area contributed by atoms with Crippen molar-refractivity contribution in [3.05, 3.63) is 83.3 Å². The maximum Gasteiger partial charge on any atom is 0.407 e. The van der Waals surface area contributed by atoms with Gasteiger partial charge < -0.3 is 10.1 Å². The number of nitrogens with one attached hydrogen (secondary N) is 3. The average Bonchev–Trinajstić information content (AvgIpc) is 2.77. The Balaban J connectivity index is 1.67. The number of ether oxygens (including phenoxy) is 1. The van der Waals surface area contributed by atoms with Crippen LogP contribution < -0.4 is 15.6 Å². The van der Waals surface area contributed by atoms with E-state index in [1.165, 1.54) is 6.07 Å². The van der Waals surface area contributed by atoms with Crippen LogP contribution in [0, 0.1) is 12.7 Å². The quantitative estimate of drug-likeness (QED) is 0.318. The Morgan fingerprint density at radius 2 is 1.85 bits per heavy atom. The van der Waals surface area contributed by atoms with Crippen molar-refractivity contribution < 1.29 is 18.7 Å². The highest BCUT2D eigenvalue weighted by Gasteiger charge is 2.16. The third-order valence-corrected chi connectivity index (χ3v) is 5.21. The van der Waals surface area contributed by atoms with Crippen molar-refractivity contribution in [2.45, 2.75) is 44.7 Å². The lowest BCUT2D eigenvalue weighted by molar-refractivity contribution is 0.0523. The van der Waals surface area contributed by atoms with Crippen molar-refractivity contribution in [3.63, 3.8) is 0 Å². The first-order valence-electron chi connectivity index (χ1n) is 10.6. The first-order chi connectivity index (χ1) is 16.1. The number of pyridine rings is 1. The van der Waals surface area contributed by atoms with E-state index in [2.05, 4.69) is 20.6 Å². The van der Waals surface area contributed by atoms with Gasteiger partial charge in [0.2, 0.25) is 0 Å². The SMILES string of the molecule is Cc1cc(C(=O)NNSc2ccccc2F)cc(-c2cc(CNC(=O)OC(C)(C)C)ccn2)c1. The standard InChI is InChI=1S/C25H27FN4O3S/c1-16-11-18(21-13-17(9-10-27-21)15-28-24(32)33-25(2,3)4)14-19(12-16)23(31)29-30-34-22-8-6-5-7-20(22)26/h5-14,30H,15H2,1-4H3,(H,28,32)(H,29,31). The molecule has 1 aromatic heterocycles. The lowest BCUT2D eigenvalue weighted by atomic mass is 10.0. The highest BCUT2D eigenvalue weighted by atomic mass is 32.2. The minimum atomic E-state index is -0.575. The summed E-state index contributed by atoms with van der Waals surface area (Å²) in [5.41, 5.74) is 5.56. The number of rotatable bonds is 7. The Hall–Kier alpha value is -3.43. The molecule has 0 spiro atoms. The average molecular weight is 483 g/mol. The molecule has 7 nitrogen and oxygen atoms in total. The molecule has 34 heavy (non-hydrogen) atoms.